The van der Waals surface area contributed by atoms with Crippen molar-refractivity contribution in [3.05, 3.63) is 71.6 Å². The maximum absolute atomic E-state index is 14.9. The number of hydrogen-bond donors (Lipinski definition) is 2. The number of imidazole rings is 1. The molecule has 0 aliphatic carbocycles. The molecule has 0 spiro atoms. The van der Waals surface area contributed by atoms with Crippen molar-refractivity contribution in [1.29, 1.82) is 0 Å². The summed E-state index contributed by atoms with van der Waals surface area (Å²) < 4.78 is 21.7. The highest BCUT2D eigenvalue weighted by Crippen LogP contribution is 2.33. The Bertz CT molecular complexity index is 1050. The Morgan fingerprint density at radius 2 is 1.94 bits per heavy atom. The number of phenols is 1. The maximum Gasteiger partial charge on any atom is 0.160 e. The van der Waals surface area contributed by atoms with Crippen molar-refractivity contribution in [2.45, 2.75) is 12.6 Å². The fraction of sp³-hybridized carbons (Fsp3) is 0.348. The number of anilines is 1. The van der Waals surface area contributed by atoms with E-state index in [9.17, 15) is 14.6 Å². The standard InChI is InChI=1S/C23H27FN4O3/c1-26-9-8-25-23(26)22(30)17-4-3-5-18(24)21(17)28-12-10-27(11-13-28)15-16-6-7-20(31-2)19(29)14-16/h3-9,14,22,29-30H,10-13,15H2,1-2H3/t22-/m0/s1. The molecule has 1 atom stereocenters. The number of nitrogens with zero attached hydrogens (tertiary/aromatic N) is 4. The van der Waals surface area contributed by atoms with E-state index in [2.05, 4.69) is 9.88 Å². The Kier molecular flexibility index (Phi) is 6.11. The molecule has 31 heavy (non-hydrogen) atoms. The predicted octanol–water partition coefficient (Wildman–Crippen LogP) is 2.68. The number of aliphatic hydroxyl groups is 1. The smallest absolute Gasteiger partial charge is 0.160 e. The second-order valence-corrected chi connectivity index (χ2v) is 7.75. The molecule has 2 aromatic carbocycles. The summed E-state index contributed by atoms with van der Waals surface area (Å²) in [7, 11) is 3.33. The van der Waals surface area contributed by atoms with Crippen molar-refractivity contribution in [2.24, 2.45) is 7.05 Å². The summed E-state index contributed by atoms with van der Waals surface area (Å²) >= 11 is 0. The summed E-state index contributed by atoms with van der Waals surface area (Å²) in [6.45, 7) is 3.41. The first-order valence-corrected chi connectivity index (χ1v) is 10.2. The second kappa shape index (κ2) is 8.95. The summed E-state index contributed by atoms with van der Waals surface area (Å²) in [6.07, 6.45) is 2.37. The van der Waals surface area contributed by atoms with E-state index in [0.29, 0.717) is 42.5 Å². The van der Waals surface area contributed by atoms with Crippen LogP contribution < -0.4 is 9.64 Å². The zero-order valence-electron chi connectivity index (χ0n) is 17.7. The van der Waals surface area contributed by atoms with Crippen LogP contribution in [0.5, 0.6) is 11.5 Å². The third kappa shape index (κ3) is 4.35. The summed E-state index contributed by atoms with van der Waals surface area (Å²) in [5.41, 5.74) is 1.94. The topological polar surface area (TPSA) is 74.0 Å². The van der Waals surface area contributed by atoms with E-state index in [-0.39, 0.29) is 11.6 Å². The van der Waals surface area contributed by atoms with Gasteiger partial charge in [-0.15, -0.1) is 0 Å². The van der Waals surface area contributed by atoms with Crippen LogP contribution in [0.4, 0.5) is 10.1 Å². The maximum atomic E-state index is 14.9. The van der Waals surface area contributed by atoms with E-state index in [1.807, 2.05) is 11.0 Å². The molecule has 2 heterocycles. The highest BCUT2D eigenvalue weighted by Gasteiger charge is 2.26. The van der Waals surface area contributed by atoms with Crippen LogP contribution in [0.1, 0.15) is 23.1 Å². The first-order valence-electron chi connectivity index (χ1n) is 10.2. The Morgan fingerprint density at radius 3 is 2.58 bits per heavy atom. The van der Waals surface area contributed by atoms with Crippen molar-refractivity contribution >= 4 is 5.69 Å². The van der Waals surface area contributed by atoms with Crippen LogP contribution in [0.25, 0.3) is 0 Å². The summed E-state index contributed by atoms with van der Waals surface area (Å²) in [6, 6.07) is 10.2. The van der Waals surface area contributed by atoms with Crippen LogP contribution in [-0.2, 0) is 13.6 Å². The molecule has 0 bridgehead atoms. The molecule has 1 aromatic heterocycles. The van der Waals surface area contributed by atoms with Crippen LogP contribution in [0.3, 0.4) is 0 Å². The number of aromatic nitrogens is 2. The summed E-state index contributed by atoms with van der Waals surface area (Å²) in [5.74, 6) is 0.703. The lowest BCUT2D eigenvalue weighted by Gasteiger charge is -2.37. The molecule has 0 unspecified atom stereocenters. The Balaban J connectivity index is 1.48. The van der Waals surface area contributed by atoms with Gasteiger partial charge in [-0.2, -0.15) is 0 Å². The molecule has 1 fully saturated rings. The van der Waals surface area contributed by atoms with Gasteiger partial charge >= 0.3 is 0 Å². The van der Waals surface area contributed by atoms with Crippen molar-refractivity contribution in [3.63, 3.8) is 0 Å². The quantitative estimate of drug-likeness (QED) is 0.631. The highest BCUT2D eigenvalue weighted by atomic mass is 19.1. The minimum Gasteiger partial charge on any atom is -0.504 e. The normalized spacial score (nSPS) is 15.8. The molecule has 7 nitrogen and oxygen atoms in total. The number of ether oxygens (including phenoxy) is 1. The highest BCUT2D eigenvalue weighted by molar-refractivity contribution is 5.57. The number of piperazine rings is 1. The lowest BCUT2D eigenvalue weighted by Crippen LogP contribution is -2.46. The molecule has 2 N–H and O–H groups in total. The van der Waals surface area contributed by atoms with Crippen molar-refractivity contribution in [2.75, 3.05) is 38.2 Å². The van der Waals surface area contributed by atoms with Crippen molar-refractivity contribution in [3.8, 4) is 11.5 Å². The van der Waals surface area contributed by atoms with Crippen molar-refractivity contribution in [1.82, 2.24) is 14.5 Å². The fourth-order valence-corrected chi connectivity index (χ4v) is 4.09. The number of aliphatic hydroxyl groups excluding tert-OH is 1. The second-order valence-electron chi connectivity index (χ2n) is 7.75. The first-order chi connectivity index (χ1) is 15.0. The van der Waals surface area contributed by atoms with Gasteiger partial charge in [0.1, 0.15) is 17.7 Å². The van der Waals surface area contributed by atoms with Gasteiger partial charge in [-0.1, -0.05) is 18.2 Å². The predicted molar refractivity (Wildman–Crippen MR) is 116 cm³/mol. The summed E-state index contributed by atoms with van der Waals surface area (Å²) in [4.78, 5) is 8.46. The molecule has 3 aromatic rings. The third-order valence-electron chi connectivity index (χ3n) is 5.75. The molecule has 0 amide bonds. The van der Waals surface area contributed by atoms with E-state index in [1.165, 1.54) is 13.2 Å². The van der Waals surface area contributed by atoms with Gasteiger partial charge in [0.15, 0.2) is 11.5 Å². The van der Waals surface area contributed by atoms with E-state index in [4.69, 9.17) is 4.74 Å². The number of hydrogen-bond acceptors (Lipinski definition) is 6. The third-order valence-corrected chi connectivity index (χ3v) is 5.75. The molecule has 8 heteroatoms. The van der Waals surface area contributed by atoms with Gasteiger partial charge in [0, 0.05) is 57.7 Å². The number of methoxy groups -OCH3 is 1. The summed E-state index contributed by atoms with van der Waals surface area (Å²) in [5, 5.41) is 20.9. The Hall–Kier alpha value is -3.10. The molecule has 1 aliphatic rings. The SMILES string of the molecule is COc1ccc(CN2CCN(c3c(F)cccc3[C@H](O)c3nccn3C)CC2)cc1O. The molecule has 1 aliphatic heterocycles. The monoisotopic (exact) mass is 426 g/mol. The number of benzene rings is 2. The molecular formula is C23H27FN4O3. The lowest BCUT2D eigenvalue weighted by molar-refractivity contribution is 0.205. The Morgan fingerprint density at radius 1 is 1.16 bits per heavy atom. The molecule has 164 valence electrons. The van der Waals surface area contributed by atoms with E-state index < -0.39 is 6.10 Å². The van der Waals surface area contributed by atoms with Gasteiger partial charge in [0.2, 0.25) is 0 Å². The Labute approximate surface area is 180 Å². The van der Waals surface area contributed by atoms with Gasteiger partial charge < -0.3 is 24.4 Å². The van der Waals surface area contributed by atoms with Crippen LogP contribution in [0, 0.1) is 5.82 Å². The van der Waals surface area contributed by atoms with Crippen molar-refractivity contribution < 1.29 is 19.3 Å². The molecular weight excluding hydrogens is 399 g/mol. The minimum absolute atomic E-state index is 0.123. The number of rotatable bonds is 6. The zero-order valence-corrected chi connectivity index (χ0v) is 17.7. The molecule has 0 saturated carbocycles. The van der Waals surface area contributed by atoms with Crippen LogP contribution >= 0.6 is 0 Å². The van der Waals surface area contributed by atoms with Gasteiger partial charge in [-0.3, -0.25) is 4.90 Å². The van der Waals surface area contributed by atoms with Gasteiger partial charge in [-0.05, 0) is 23.8 Å². The molecule has 0 radical (unpaired) electrons. The van der Waals surface area contributed by atoms with E-state index in [0.717, 1.165) is 18.7 Å². The first kappa shape index (κ1) is 21.1. The number of aromatic hydroxyl groups is 1. The minimum atomic E-state index is -1.01. The average molecular weight is 426 g/mol. The molecule has 4 rings (SSSR count). The lowest BCUT2D eigenvalue weighted by atomic mass is 10.0. The zero-order chi connectivity index (χ0) is 22.0. The van der Waals surface area contributed by atoms with Gasteiger partial charge in [0.05, 0.1) is 12.8 Å². The average Bonchev–Trinajstić information content (AvgIpc) is 3.20. The number of halogens is 1. The van der Waals surface area contributed by atoms with Crippen LogP contribution in [0.15, 0.2) is 48.8 Å². The largest absolute Gasteiger partial charge is 0.504 e. The van der Waals surface area contributed by atoms with Crippen LogP contribution in [0.2, 0.25) is 0 Å². The molecule has 1 saturated heterocycles. The van der Waals surface area contributed by atoms with Gasteiger partial charge in [-0.25, -0.2) is 9.37 Å². The number of aryl methyl sites for hydroxylation is 1. The fourth-order valence-electron chi connectivity index (χ4n) is 4.09. The number of para-hydroxylation sites is 1. The van der Waals surface area contributed by atoms with Gasteiger partial charge in [0.25, 0.3) is 0 Å². The van der Waals surface area contributed by atoms with E-state index >= 15 is 0 Å². The van der Waals surface area contributed by atoms with Crippen LogP contribution in [-0.4, -0.2) is 58.0 Å². The number of phenolic OH excluding ortho intramolecular Hbond substituents is 1. The van der Waals surface area contributed by atoms with E-state index in [1.54, 1.807) is 48.3 Å².